The van der Waals surface area contributed by atoms with Gasteiger partial charge in [-0.05, 0) is 32.6 Å². The molecule has 0 aromatic rings. The first-order chi connectivity index (χ1) is 5.64. The highest BCUT2D eigenvalue weighted by molar-refractivity contribution is 5.04. The van der Waals surface area contributed by atoms with Crippen molar-refractivity contribution in [2.24, 2.45) is 5.92 Å². The van der Waals surface area contributed by atoms with Gasteiger partial charge in [0.1, 0.15) is 0 Å². The zero-order valence-electron chi connectivity index (χ0n) is 8.98. The molecular weight excluding hydrogens is 146 g/mol. The topological polar surface area (TPSA) is 12.0 Å². The van der Waals surface area contributed by atoms with Crippen molar-refractivity contribution < 1.29 is 0 Å². The third-order valence-electron chi connectivity index (χ3n) is 3.58. The van der Waals surface area contributed by atoms with Crippen molar-refractivity contribution in [3.63, 3.8) is 0 Å². The van der Waals surface area contributed by atoms with Crippen LogP contribution < -0.4 is 5.32 Å². The van der Waals surface area contributed by atoms with Crippen LogP contribution in [0.3, 0.4) is 0 Å². The lowest BCUT2D eigenvalue weighted by molar-refractivity contribution is 0.0465. The average molecular weight is 169 g/mol. The summed E-state index contributed by atoms with van der Waals surface area (Å²) in [4.78, 5) is 0. The number of nitrogens with one attached hydrogen (secondary N) is 1. The summed E-state index contributed by atoms with van der Waals surface area (Å²) in [6, 6.07) is 0.751. The van der Waals surface area contributed by atoms with Crippen LogP contribution in [0, 0.1) is 5.92 Å². The van der Waals surface area contributed by atoms with Crippen LogP contribution in [0.4, 0.5) is 0 Å². The molecule has 0 radical (unpaired) electrons. The Kier molecular flexibility index (Phi) is 3.16. The number of unbranched alkanes of at least 4 members (excludes halogenated alkanes) is 1. The molecule has 0 amide bonds. The number of hydrogen-bond acceptors (Lipinski definition) is 1. The Labute approximate surface area is 76.9 Å². The van der Waals surface area contributed by atoms with Gasteiger partial charge < -0.3 is 5.32 Å². The summed E-state index contributed by atoms with van der Waals surface area (Å²) in [6.07, 6.45) is 5.41. The highest BCUT2D eigenvalue weighted by atomic mass is 15.1. The lowest BCUT2D eigenvalue weighted by Gasteiger charge is -2.54. The molecule has 1 fully saturated rings. The second-order valence-corrected chi connectivity index (χ2v) is 4.45. The quantitative estimate of drug-likeness (QED) is 0.682. The molecule has 0 spiro atoms. The molecule has 3 atom stereocenters. The van der Waals surface area contributed by atoms with E-state index in [-0.39, 0.29) is 0 Å². The van der Waals surface area contributed by atoms with E-state index in [2.05, 4.69) is 33.0 Å². The lowest BCUT2D eigenvalue weighted by Crippen LogP contribution is -2.68. The lowest BCUT2D eigenvalue weighted by atomic mass is 9.68. The van der Waals surface area contributed by atoms with E-state index in [0.717, 1.165) is 12.0 Å². The van der Waals surface area contributed by atoms with E-state index >= 15 is 0 Å². The fourth-order valence-corrected chi connectivity index (χ4v) is 2.54. The second-order valence-electron chi connectivity index (χ2n) is 4.45. The molecule has 0 saturated carbocycles. The summed E-state index contributed by atoms with van der Waals surface area (Å²) < 4.78 is 0. The second kappa shape index (κ2) is 3.78. The van der Waals surface area contributed by atoms with Crippen molar-refractivity contribution in [1.29, 1.82) is 0 Å². The van der Waals surface area contributed by atoms with Gasteiger partial charge in [0.2, 0.25) is 0 Å². The van der Waals surface area contributed by atoms with Crippen LogP contribution in [-0.2, 0) is 0 Å². The average Bonchev–Trinajstić information content (AvgIpc) is 2.04. The predicted molar refractivity (Wildman–Crippen MR) is 54.3 cm³/mol. The van der Waals surface area contributed by atoms with Gasteiger partial charge in [0, 0.05) is 11.6 Å². The SMILES string of the molecule is CCCCC1C(C)NC1(C)CC. The van der Waals surface area contributed by atoms with Gasteiger partial charge in [-0.3, -0.25) is 0 Å². The molecule has 1 rings (SSSR count). The van der Waals surface area contributed by atoms with Crippen LogP contribution in [0.5, 0.6) is 0 Å². The molecule has 0 aliphatic carbocycles. The Morgan fingerprint density at radius 2 is 2.00 bits per heavy atom. The molecule has 1 aliphatic rings. The molecule has 1 N–H and O–H groups in total. The summed E-state index contributed by atoms with van der Waals surface area (Å²) >= 11 is 0. The van der Waals surface area contributed by atoms with Crippen LogP contribution in [0.15, 0.2) is 0 Å². The normalized spacial score (nSPS) is 41.0. The fraction of sp³-hybridized carbons (Fsp3) is 1.00. The number of rotatable bonds is 4. The molecule has 12 heavy (non-hydrogen) atoms. The minimum atomic E-state index is 0.453. The first-order valence-corrected chi connectivity index (χ1v) is 5.41. The van der Waals surface area contributed by atoms with Crippen molar-refractivity contribution in [3.05, 3.63) is 0 Å². The monoisotopic (exact) mass is 169 g/mol. The zero-order valence-corrected chi connectivity index (χ0v) is 8.98. The Morgan fingerprint density at radius 3 is 2.42 bits per heavy atom. The first kappa shape index (κ1) is 10.0. The third-order valence-corrected chi connectivity index (χ3v) is 3.58. The van der Waals surface area contributed by atoms with Crippen molar-refractivity contribution in [2.45, 2.75) is 65.0 Å². The van der Waals surface area contributed by atoms with Crippen LogP contribution in [0.1, 0.15) is 53.4 Å². The van der Waals surface area contributed by atoms with E-state index in [1.165, 1.54) is 25.7 Å². The van der Waals surface area contributed by atoms with Crippen LogP contribution in [0.2, 0.25) is 0 Å². The largest absolute Gasteiger partial charge is 0.308 e. The minimum Gasteiger partial charge on any atom is -0.308 e. The molecule has 3 unspecified atom stereocenters. The summed E-state index contributed by atoms with van der Waals surface area (Å²) in [5.74, 6) is 0.919. The van der Waals surface area contributed by atoms with E-state index in [1.54, 1.807) is 0 Å². The van der Waals surface area contributed by atoms with Gasteiger partial charge in [0.05, 0.1) is 0 Å². The van der Waals surface area contributed by atoms with Gasteiger partial charge >= 0.3 is 0 Å². The van der Waals surface area contributed by atoms with Crippen LogP contribution >= 0.6 is 0 Å². The molecule has 0 aromatic heterocycles. The summed E-state index contributed by atoms with van der Waals surface area (Å²) in [5.41, 5.74) is 0.453. The summed E-state index contributed by atoms with van der Waals surface area (Å²) in [5, 5.41) is 3.63. The molecule has 1 heteroatoms. The van der Waals surface area contributed by atoms with Gasteiger partial charge in [0.25, 0.3) is 0 Å². The smallest absolute Gasteiger partial charge is 0.0196 e. The Balaban J connectivity index is 2.38. The molecule has 1 nitrogen and oxygen atoms in total. The van der Waals surface area contributed by atoms with Gasteiger partial charge in [0.15, 0.2) is 0 Å². The van der Waals surface area contributed by atoms with Gasteiger partial charge in [-0.1, -0.05) is 26.7 Å². The Hall–Kier alpha value is -0.0400. The molecular formula is C11H23N. The number of hydrogen-bond donors (Lipinski definition) is 1. The maximum absolute atomic E-state index is 3.63. The molecule has 72 valence electrons. The molecule has 1 heterocycles. The van der Waals surface area contributed by atoms with Crippen molar-refractivity contribution in [1.82, 2.24) is 5.32 Å². The summed E-state index contributed by atoms with van der Waals surface area (Å²) in [7, 11) is 0. The van der Waals surface area contributed by atoms with Crippen molar-refractivity contribution in [2.75, 3.05) is 0 Å². The zero-order chi connectivity index (χ0) is 9.19. The van der Waals surface area contributed by atoms with Crippen LogP contribution in [0.25, 0.3) is 0 Å². The van der Waals surface area contributed by atoms with Gasteiger partial charge in [-0.25, -0.2) is 0 Å². The van der Waals surface area contributed by atoms with E-state index in [0.29, 0.717) is 5.54 Å². The molecule has 1 aliphatic heterocycles. The van der Waals surface area contributed by atoms with Crippen molar-refractivity contribution >= 4 is 0 Å². The van der Waals surface area contributed by atoms with E-state index in [1.807, 2.05) is 0 Å². The minimum absolute atomic E-state index is 0.453. The highest BCUT2D eigenvalue weighted by Gasteiger charge is 2.45. The first-order valence-electron chi connectivity index (χ1n) is 5.41. The maximum Gasteiger partial charge on any atom is 0.0196 e. The maximum atomic E-state index is 3.63. The van der Waals surface area contributed by atoms with E-state index < -0.39 is 0 Å². The highest BCUT2D eigenvalue weighted by Crippen LogP contribution is 2.37. The summed E-state index contributed by atoms with van der Waals surface area (Å²) in [6.45, 7) is 9.25. The van der Waals surface area contributed by atoms with Crippen molar-refractivity contribution in [3.8, 4) is 0 Å². The van der Waals surface area contributed by atoms with E-state index in [4.69, 9.17) is 0 Å². The third kappa shape index (κ3) is 1.66. The molecule has 1 saturated heterocycles. The Bertz CT molecular complexity index is 144. The van der Waals surface area contributed by atoms with Gasteiger partial charge in [-0.15, -0.1) is 0 Å². The van der Waals surface area contributed by atoms with E-state index in [9.17, 15) is 0 Å². The van der Waals surface area contributed by atoms with Crippen LogP contribution in [-0.4, -0.2) is 11.6 Å². The fourth-order valence-electron chi connectivity index (χ4n) is 2.54. The molecule has 0 aromatic carbocycles. The molecule has 0 bridgehead atoms. The standard InChI is InChI=1S/C11H23N/c1-5-7-8-10-9(3)12-11(10,4)6-2/h9-10,12H,5-8H2,1-4H3. The Morgan fingerprint density at radius 1 is 1.33 bits per heavy atom. The van der Waals surface area contributed by atoms with Gasteiger partial charge in [-0.2, -0.15) is 0 Å². The predicted octanol–water partition coefficient (Wildman–Crippen LogP) is 2.95.